The summed E-state index contributed by atoms with van der Waals surface area (Å²) in [5.74, 6) is 6.66. The summed E-state index contributed by atoms with van der Waals surface area (Å²) in [6.07, 6.45) is 2.10. The second-order valence-corrected chi connectivity index (χ2v) is 4.35. The topological polar surface area (TPSA) is 58.4 Å². The third-order valence-electron chi connectivity index (χ3n) is 3.16. The lowest BCUT2D eigenvalue weighted by Crippen LogP contribution is -2.47. The number of likely N-dealkylation sites (N-methyl/N-ethyl adjacent to an activating group) is 1. The van der Waals surface area contributed by atoms with Gasteiger partial charge in [-0.1, -0.05) is 13.8 Å². The molecule has 3 N–H and O–H groups in total. The van der Waals surface area contributed by atoms with Gasteiger partial charge in [-0.3, -0.25) is 15.1 Å². The predicted molar refractivity (Wildman–Crippen MR) is 56.3 cm³/mol. The molecule has 1 aliphatic rings. The van der Waals surface area contributed by atoms with Crippen molar-refractivity contribution in [2.45, 2.75) is 32.7 Å². The van der Waals surface area contributed by atoms with Crippen LogP contribution in [0.4, 0.5) is 0 Å². The summed E-state index contributed by atoms with van der Waals surface area (Å²) in [5, 5.41) is 0. The number of hydrogen-bond acceptors (Lipinski definition) is 3. The fraction of sp³-hybridized carbons (Fsp3) is 0.900. The van der Waals surface area contributed by atoms with Crippen molar-refractivity contribution in [2.75, 3.05) is 13.6 Å². The van der Waals surface area contributed by atoms with E-state index in [9.17, 15) is 4.79 Å². The molecule has 4 nitrogen and oxygen atoms in total. The van der Waals surface area contributed by atoms with Crippen molar-refractivity contribution >= 4 is 5.91 Å². The molecule has 0 aromatic carbocycles. The summed E-state index contributed by atoms with van der Waals surface area (Å²) >= 11 is 0. The summed E-state index contributed by atoms with van der Waals surface area (Å²) in [5.41, 5.74) is 2.22. The molecule has 1 aliphatic carbocycles. The number of hydrogen-bond donors (Lipinski definition) is 2. The van der Waals surface area contributed by atoms with Gasteiger partial charge in [0.1, 0.15) is 0 Å². The highest BCUT2D eigenvalue weighted by Gasteiger charge is 2.35. The summed E-state index contributed by atoms with van der Waals surface area (Å²) in [7, 11) is 1.99. The number of rotatable bonds is 5. The lowest BCUT2D eigenvalue weighted by atomic mass is 10.1. The van der Waals surface area contributed by atoms with Crippen molar-refractivity contribution in [2.24, 2.45) is 17.7 Å². The van der Waals surface area contributed by atoms with Crippen LogP contribution in [0.2, 0.25) is 0 Å². The zero-order chi connectivity index (χ0) is 10.7. The fourth-order valence-corrected chi connectivity index (χ4v) is 1.94. The van der Waals surface area contributed by atoms with Crippen LogP contribution in [-0.4, -0.2) is 30.4 Å². The lowest BCUT2D eigenvalue weighted by Gasteiger charge is -2.25. The molecular weight excluding hydrogens is 178 g/mol. The summed E-state index contributed by atoms with van der Waals surface area (Å²) in [4.78, 5) is 13.5. The molecule has 0 bridgehead atoms. The van der Waals surface area contributed by atoms with E-state index in [1.54, 1.807) is 0 Å². The van der Waals surface area contributed by atoms with Crippen molar-refractivity contribution in [3.63, 3.8) is 0 Å². The lowest BCUT2D eigenvalue weighted by molar-refractivity contribution is -0.126. The molecule has 4 heteroatoms. The van der Waals surface area contributed by atoms with E-state index in [2.05, 4.69) is 17.2 Å². The quantitative estimate of drug-likeness (QED) is 0.381. The molecule has 1 saturated carbocycles. The Kier molecular flexibility index (Phi) is 3.89. The molecule has 82 valence electrons. The van der Waals surface area contributed by atoms with E-state index in [0.717, 1.165) is 24.8 Å². The Labute approximate surface area is 85.8 Å². The highest BCUT2D eigenvalue weighted by Crippen LogP contribution is 2.38. The first-order valence-electron chi connectivity index (χ1n) is 5.30. The molecule has 0 aromatic heterocycles. The van der Waals surface area contributed by atoms with Gasteiger partial charge in [0, 0.05) is 6.54 Å². The largest absolute Gasteiger partial charge is 0.295 e. The molecule has 3 atom stereocenters. The highest BCUT2D eigenvalue weighted by atomic mass is 16.2. The Morgan fingerprint density at radius 1 is 1.71 bits per heavy atom. The maximum Gasteiger partial charge on any atom is 0.251 e. The number of nitrogens with zero attached hydrogens (tertiary/aromatic N) is 1. The number of hydrazine groups is 1. The maximum atomic E-state index is 11.4. The standard InChI is InChI=1S/C10H21N3O/c1-4-9(10(14)12-11)13(3)6-8-5-7(8)2/h7-9H,4-6,11H2,1-3H3,(H,12,14). The van der Waals surface area contributed by atoms with E-state index in [-0.39, 0.29) is 11.9 Å². The monoisotopic (exact) mass is 199 g/mol. The molecule has 0 heterocycles. The van der Waals surface area contributed by atoms with Crippen molar-refractivity contribution < 1.29 is 4.79 Å². The van der Waals surface area contributed by atoms with Gasteiger partial charge < -0.3 is 0 Å². The number of carbonyl (C=O) groups is 1. The molecule has 1 fully saturated rings. The predicted octanol–water partition coefficient (Wildman–Crippen LogP) is 0.343. The SMILES string of the molecule is CCC(C(=O)NN)N(C)CC1CC1C. The van der Waals surface area contributed by atoms with Crippen molar-refractivity contribution in [1.29, 1.82) is 0 Å². The van der Waals surface area contributed by atoms with E-state index in [1.165, 1.54) is 6.42 Å². The van der Waals surface area contributed by atoms with Crippen molar-refractivity contribution in [3.05, 3.63) is 0 Å². The van der Waals surface area contributed by atoms with Gasteiger partial charge in [0.05, 0.1) is 6.04 Å². The second kappa shape index (κ2) is 4.75. The minimum Gasteiger partial charge on any atom is -0.295 e. The Balaban J connectivity index is 2.39. The van der Waals surface area contributed by atoms with Gasteiger partial charge in [-0.05, 0) is 31.7 Å². The third-order valence-corrected chi connectivity index (χ3v) is 3.16. The Morgan fingerprint density at radius 2 is 2.29 bits per heavy atom. The Bertz CT molecular complexity index is 208. The smallest absolute Gasteiger partial charge is 0.251 e. The van der Waals surface area contributed by atoms with Gasteiger partial charge in [-0.2, -0.15) is 0 Å². The van der Waals surface area contributed by atoms with Crippen LogP contribution in [0.5, 0.6) is 0 Å². The first-order chi connectivity index (χ1) is 6.60. The van der Waals surface area contributed by atoms with Crippen molar-refractivity contribution in [1.82, 2.24) is 10.3 Å². The molecule has 1 amide bonds. The first-order valence-corrected chi connectivity index (χ1v) is 5.30. The van der Waals surface area contributed by atoms with Gasteiger partial charge in [0.2, 0.25) is 0 Å². The van der Waals surface area contributed by atoms with Crippen LogP contribution >= 0.6 is 0 Å². The molecule has 0 aliphatic heterocycles. The molecule has 0 aromatic rings. The molecule has 0 spiro atoms. The van der Waals surface area contributed by atoms with Gasteiger partial charge >= 0.3 is 0 Å². The normalized spacial score (nSPS) is 27.5. The first kappa shape index (κ1) is 11.5. The van der Waals surface area contributed by atoms with E-state index in [4.69, 9.17) is 5.84 Å². The van der Waals surface area contributed by atoms with Gasteiger partial charge in [0.25, 0.3) is 5.91 Å². The summed E-state index contributed by atoms with van der Waals surface area (Å²) in [6.45, 7) is 5.27. The number of nitrogens with two attached hydrogens (primary N) is 1. The van der Waals surface area contributed by atoms with E-state index in [1.807, 2.05) is 14.0 Å². The zero-order valence-electron chi connectivity index (χ0n) is 9.29. The molecule has 3 unspecified atom stereocenters. The third kappa shape index (κ3) is 2.69. The molecular formula is C10H21N3O. The van der Waals surface area contributed by atoms with Gasteiger partial charge in [-0.25, -0.2) is 5.84 Å². The minimum atomic E-state index is -0.0803. The van der Waals surface area contributed by atoms with Crippen LogP contribution in [0.25, 0.3) is 0 Å². The van der Waals surface area contributed by atoms with Crippen LogP contribution in [-0.2, 0) is 4.79 Å². The summed E-state index contributed by atoms with van der Waals surface area (Å²) in [6, 6.07) is -0.0761. The van der Waals surface area contributed by atoms with Crippen LogP contribution in [0, 0.1) is 11.8 Å². The average molecular weight is 199 g/mol. The van der Waals surface area contributed by atoms with Crippen molar-refractivity contribution in [3.8, 4) is 0 Å². The molecule has 0 radical (unpaired) electrons. The molecule has 0 saturated heterocycles. The van der Waals surface area contributed by atoms with Crippen LogP contribution in [0.3, 0.4) is 0 Å². The van der Waals surface area contributed by atoms with Crippen LogP contribution in [0.1, 0.15) is 26.7 Å². The second-order valence-electron chi connectivity index (χ2n) is 4.35. The van der Waals surface area contributed by atoms with Gasteiger partial charge in [-0.15, -0.1) is 0 Å². The molecule has 1 rings (SSSR count). The van der Waals surface area contributed by atoms with E-state index in [0.29, 0.717) is 0 Å². The van der Waals surface area contributed by atoms with Crippen LogP contribution < -0.4 is 11.3 Å². The minimum absolute atomic E-state index is 0.0761. The van der Waals surface area contributed by atoms with E-state index < -0.39 is 0 Å². The number of amides is 1. The number of nitrogens with one attached hydrogen (secondary N) is 1. The van der Waals surface area contributed by atoms with Crippen LogP contribution in [0.15, 0.2) is 0 Å². The van der Waals surface area contributed by atoms with Gasteiger partial charge in [0.15, 0.2) is 0 Å². The highest BCUT2D eigenvalue weighted by molar-refractivity contribution is 5.80. The molecule has 14 heavy (non-hydrogen) atoms. The Hall–Kier alpha value is -0.610. The zero-order valence-corrected chi connectivity index (χ0v) is 9.29. The van der Waals surface area contributed by atoms with E-state index >= 15 is 0 Å². The average Bonchev–Trinajstić information content (AvgIpc) is 2.82. The maximum absolute atomic E-state index is 11.4. The number of carbonyl (C=O) groups excluding carboxylic acids is 1. The fourth-order valence-electron chi connectivity index (χ4n) is 1.94. The summed E-state index contributed by atoms with van der Waals surface area (Å²) < 4.78 is 0. The Morgan fingerprint density at radius 3 is 2.64 bits per heavy atom.